The molecular formula is C30H45N5O4. The smallest absolute Gasteiger partial charge is 0.305 e. The largest absolute Gasteiger partial charge is 0.465 e. The zero-order valence-corrected chi connectivity index (χ0v) is 23.3. The lowest BCUT2D eigenvalue weighted by molar-refractivity contribution is -0.145. The summed E-state index contributed by atoms with van der Waals surface area (Å²) in [6.07, 6.45) is 23.0. The Bertz CT molecular complexity index is 1180. The summed E-state index contributed by atoms with van der Waals surface area (Å²) in [7, 11) is 0. The molecule has 2 aromatic heterocycles. The van der Waals surface area contributed by atoms with Crippen LogP contribution in [-0.4, -0.2) is 43.3 Å². The number of fused-ring (bicyclic) bond motifs is 1. The molecular weight excluding hydrogens is 494 g/mol. The number of carbonyl (C=O) groups excluding carboxylic acids is 1. The molecule has 1 aliphatic rings. The summed E-state index contributed by atoms with van der Waals surface area (Å²) in [6.45, 7) is 6.46. The van der Waals surface area contributed by atoms with Crippen molar-refractivity contribution < 1.29 is 14.6 Å². The lowest BCUT2D eigenvalue weighted by Gasteiger charge is -2.17. The number of aliphatic hydroxyl groups excluding tert-OH is 1. The van der Waals surface area contributed by atoms with E-state index in [-0.39, 0.29) is 36.0 Å². The second-order valence-corrected chi connectivity index (χ2v) is 10.4. The van der Waals surface area contributed by atoms with E-state index >= 15 is 0 Å². The van der Waals surface area contributed by atoms with Gasteiger partial charge in [-0.2, -0.15) is 4.98 Å². The van der Waals surface area contributed by atoms with E-state index in [1.54, 1.807) is 4.57 Å². The second kappa shape index (κ2) is 16.0. The number of hydrogen-bond donors (Lipinski definition) is 3. The lowest BCUT2D eigenvalue weighted by Crippen LogP contribution is -2.22. The molecule has 2 heterocycles. The molecule has 3 atom stereocenters. The summed E-state index contributed by atoms with van der Waals surface area (Å²) in [5, 5.41) is 10.6. The molecule has 0 amide bonds. The molecule has 0 radical (unpaired) electrons. The van der Waals surface area contributed by atoms with E-state index in [0.717, 1.165) is 38.5 Å². The molecule has 2 aromatic rings. The van der Waals surface area contributed by atoms with Crippen LogP contribution in [0, 0.1) is 5.92 Å². The van der Waals surface area contributed by atoms with Gasteiger partial charge in [-0.15, -0.1) is 0 Å². The molecule has 3 rings (SSSR count). The first-order valence-electron chi connectivity index (χ1n) is 14.5. The monoisotopic (exact) mass is 539 g/mol. The fourth-order valence-corrected chi connectivity index (χ4v) is 5.06. The van der Waals surface area contributed by atoms with E-state index in [9.17, 15) is 14.7 Å². The van der Waals surface area contributed by atoms with Crippen LogP contribution >= 0.6 is 0 Å². The summed E-state index contributed by atoms with van der Waals surface area (Å²) in [6, 6.07) is -0.315. The van der Waals surface area contributed by atoms with Gasteiger partial charge in [0.25, 0.3) is 5.56 Å². The van der Waals surface area contributed by atoms with Crippen molar-refractivity contribution in [3.63, 3.8) is 0 Å². The molecule has 0 aromatic carbocycles. The van der Waals surface area contributed by atoms with Gasteiger partial charge in [0.2, 0.25) is 5.95 Å². The molecule has 39 heavy (non-hydrogen) atoms. The highest BCUT2D eigenvalue weighted by Crippen LogP contribution is 2.40. The van der Waals surface area contributed by atoms with Gasteiger partial charge in [0, 0.05) is 12.3 Å². The van der Waals surface area contributed by atoms with Crippen molar-refractivity contribution in [2.24, 2.45) is 5.92 Å². The Morgan fingerprint density at radius 2 is 1.85 bits per heavy atom. The summed E-state index contributed by atoms with van der Waals surface area (Å²) < 4.78 is 7.19. The number of nitrogens with zero attached hydrogens (tertiary/aromatic N) is 3. The van der Waals surface area contributed by atoms with Gasteiger partial charge in [0.1, 0.15) is 6.61 Å². The van der Waals surface area contributed by atoms with Crippen molar-refractivity contribution in [1.29, 1.82) is 0 Å². The van der Waals surface area contributed by atoms with Gasteiger partial charge in [-0.25, -0.2) is 4.98 Å². The zero-order chi connectivity index (χ0) is 28.0. The number of nitrogens with two attached hydrogens (primary N) is 1. The molecule has 0 aliphatic heterocycles. The number of carbonyl (C=O) groups is 1. The molecule has 214 valence electrons. The highest BCUT2D eigenvalue weighted by Gasteiger charge is 2.39. The number of aliphatic hydroxyl groups is 1. The van der Waals surface area contributed by atoms with E-state index in [2.05, 4.69) is 52.8 Å². The molecule has 1 aliphatic carbocycles. The second-order valence-electron chi connectivity index (χ2n) is 10.4. The molecule has 0 spiro atoms. The fraction of sp³-hybridized carbons (Fsp3) is 0.600. The van der Waals surface area contributed by atoms with Gasteiger partial charge >= 0.3 is 5.97 Å². The molecule has 0 unspecified atom stereocenters. The first kappa shape index (κ1) is 30.3. The van der Waals surface area contributed by atoms with Crippen molar-refractivity contribution >= 4 is 23.1 Å². The number of imidazole rings is 1. The third kappa shape index (κ3) is 9.20. The van der Waals surface area contributed by atoms with Crippen molar-refractivity contribution in [3.8, 4) is 0 Å². The van der Waals surface area contributed by atoms with Crippen LogP contribution in [0.5, 0.6) is 0 Å². The number of nitrogen functional groups attached to an aromatic ring is 1. The highest BCUT2D eigenvalue weighted by molar-refractivity contribution is 5.71. The van der Waals surface area contributed by atoms with Crippen LogP contribution in [0.4, 0.5) is 5.95 Å². The number of aromatic amines is 1. The number of anilines is 1. The van der Waals surface area contributed by atoms with Gasteiger partial charge in [0.15, 0.2) is 11.2 Å². The molecule has 1 saturated carbocycles. The third-order valence-electron chi connectivity index (χ3n) is 7.38. The molecule has 0 saturated heterocycles. The summed E-state index contributed by atoms with van der Waals surface area (Å²) in [5.74, 6) is -0.643. The van der Waals surface area contributed by atoms with Crippen LogP contribution in [0.25, 0.3) is 11.2 Å². The van der Waals surface area contributed by atoms with Gasteiger partial charge in [-0.1, -0.05) is 69.9 Å². The lowest BCUT2D eigenvalue weighted by atomic mass is 10.0. The van der Waals surface area contributed by atoms with E-state index in [0.29, 0.717) is 24.1 Å². The molecule has 1 fully saturated rings. The Hall–Kier alpha value is -3.20. The van der Waals surface area contributed by atoms with Crippen molar-refractivity contribution in [3.05, 3.63) is 53.1 Å². The van der Waals surface area contributed by atoms with Crippen LogP contribution in [0.1, 0.15) is 96.4 Å². The van der Waals surface area contributed by atoms with Gasteiger partial charge in [-0.05, 0) is 50.5 Å². The van der Waals surface area contributed by atoms with Crippen LogP contribution in [0.3, 0.4) is 0 Å². The topological polar surface area (TPSA) is 136 Å². The van der Waals surface area contributed by atoms with Crippen LogP contribution < -0.4 is 11.3 Å². The minimum absolute atomic E-state index is 0.00260. The Morgan fingerprint density at radius 1 is 1.15 bits per heavy atom. The van der Waals surface area contributed by atoms with Crippen molar-refractivity contribution in [1.82, 2.24) is 19.5 Å². The van der Waals surface area contributed by atoms with Crippen LogP contribution in [0.15, 0.2) is 47.6 Å². The first-order valence-corrected chi connectivity index (χ1v) is 14.5. The number of esters is 1. The van der Waals surface area contributed by atoms with E-state index < -0.39 is 11.7 Å². The molecule has 4 N–H and O–H groups in total. The van der Waals surface area contributed by atoms with Crippen LogP contribution in [0.2, 0.25) is 0 Å². The van der Waals surface area contributed by atoms with Gasteiger partial charge in [0.05, 0.1) is 18.5 Å². The van der Waals surface area contributed by atoms with E-state index in [4.69, 9.17) is 10.5 Å². The number of H-pyrrole nitrogens is 1. The molecule has 0 bridgehead atoms. The summed E-state index contributed by atoms with van der Waals surface area (Å²) >= 11 is 0. The maximum absolute atomic E-state index is 12.3. The summed E-state index contributed by atoms with van der Waals surface area (Å²) in [5.41, 5.74) is 6.51. The summed E-state index contributed by atoms with van der Waals surface area (Å²) in [4.78, 5) is 35.1. The predicted octanol–water partition coefficient (Wildman–Crippen LogP) is 5.54. The number of allylic oxidation sites excluding steroid dienone is 4. The number of hydrogen-bond acceptors (Lipinski definition) is 7. The van der Waals surface area contributed by atoms with Crippen molar-refractivity contribution in [2.45, 2.75) is 103 Å². The Labute approximate surface area is 231 Å². The van der Waals surface area contributed by atoms with Gasteiger partial charge in [-0.3, -0.25) is 14.6 Å². The zero-order valence-electron chi connectivity index (χ0n) is 23.3. The maximum atomic E-state index is 12.3. The number of aromatic nitrogens is 4. The number of nitrogens with one attached hydrogen (secondary N) is 1. The van der Waals surface area contributed by atoms with Crippen LogP contribution in [-0.2, 0) is 9.53 Å². The third-order valence-corrected chi connectivity index (χ3v) is 7.38. The maximum Gasteiger partial charge on any atom is 0.305 e. The van der Waals surface area contributed by atoms with Gasteiger partial charge < -0.3 is 20.1 Å². The highest BCUT2D eigenvalue weighted by atomic mass is 16.5. The average molecular weight is 540 g/mol. The van der Waals surface area contributed by atoms with Crippen molar-refractivity contribution in [2.75, 3.05) is 12.3 Å². The fourth-order valence-electron chi connectivity index (χ4n) is 5.06. The SMILES string of the molecule is C=C1[C@H](COC(=O)CCCCCCC/C=C\C/C=C\CCCCC)[C@@H](O)C[C@@H]1n1cnc2c(=O)[nH]c(N)nc21. The molecule has 9 heteroatoms. The van der Waals surface area contributed by atoms with E-state index in [1.807, 2.05) is 0 Å². The quantitative estimate of drug-likeness (QED) is 0.136. The predicted molar refractivity (Wildman–Crippen MR) is 155 cm³/mol. The average Bonchev–Trinajstić information content (AvgIpc) is 3.45. The minimum Gasteiger partial charge on any atom is -0.465 e. The normalized spacial score (nSPS) is 19.6. The number of unbranched alkanes of at least 4 members (excludes halogenated alkanes) is 8. The minimum atomic E-state index is -0.719. The first-order chi connectivity index (χ1) is 18.9. The number of rotatable bonds is 17. The van der Waals surface area contributed by atoms with E-state index in [1.165, 1.54) is 38.4 Å². The molecule has 9 nitrogen and oxygen atoms in total. The standard InChI is InChI=1S/C30H45N5O4/c1-3-4-5-6-7-8-9-10-11-12-13-14-15-16-17-18-26(37)39-20-23-22(2)24(19-25(23)36)35-21-32-27-28(35)33-30(31)34-29(27)38/h7-8,10-11,21,23-25,36H,2-6,9,12-20H2,1H3,(H3,31,33,34,38)/b8-7-,11-10-/t23-,24-,25-/m0/s1. The number of ether oxygens (including phenoxy) is 1. The Kier molecular flexibility index (Phi) is 12.5. The Balaban J connectivity index is 1.28. The Morgan fingerprint density at radius 3 is 2.59 bits per heavy atom.